The van der Waals surface area contributed by atoms with Crippen molar-refractivity contribution < 1.29 is 9.21 Å². The van der Waals surface area contributed by atoms with Crippen LogP contribution in [0.2, 0.25) is 5.02 Å². The molecule has 0 N–H and O–H groups in total. The van der Waals surface area contributed by atoms with Crippen LogP contribution >= 0.6 is 27.5 Å². The lowest BCUT2D eigenvalue weighted by molar-refractivity contribution is 0.0707. The quantitative estimate of drug-likeness (QED) is 0.604. The monoisotopic (exact) mass is 446 g/mol. The fourth-order valence-corrected chi connectivity index (χ4v) is 3.53. The van der Waals surface area contributed by atoms with E-state index in [1.165, 1.54) is 0 Å². The molecule has 1 fully saturated rings. The van der Waals surface area contributed by atoms with E-state index in [0.29, 0.717) is 24.0 Å². The molecule has 1 aliphatic heterocycles. The van der Waals surface area contributed by atoms with Crippen LogP contribution in [0.4, 0.5) is 5.69 Å². The van der Waals surface area contributed by atoms with Gasteiger partial charge in [-0.3, -0.25) is 4.79 Å². The average molecular weight is 448 g/mol. The van der Waals surface area contributed by atoms with Gasteiger partial charge in [-0.05, 0) is 42.5 Å². The van der Waals surface area contributed by atoms with Gasteiger partial charge in [0.25, 0.3) is 0 Å². The summed E-state index contributed by atoms with van der Waals surface area (Å²) in [5.74, 6) is 0.115. The molecule has 0 aliphatic carbocycles. The molecule has 1 aliphatic rings. The molecule has 3 aromatic rings. The Balaban J connectivity index is 1.42. The number of rotatable bonds is 3. The lowest BCUT2D eigenvalue weighted by Crippen LogP contribution is -2.48. The van der Waals surface area contributed by atoms with E-state index in [9.17, 15) is 4.79 Å². The van der Waals surface area contributed by atoms with Crippen LogP contribution in [0.5, 0.6) is 0 Å². The van der Waals surface area contributed by atoms with Crippen molar-refractivity contribution >= 4 is 39.1 Å². The van der Waals surface area contributed by atoms with Gasteiger partial charge in [-0.2, -0.15) is 0 Å². The minimum atomic E-state index is -0.237. The van der Waals surface area contributed by atoms with Crippen molar-refractivity contribution in [2.75, 3.05) is 31.1 Å². The summed E-state index contributed by atoms with van der Waals surface area (Å²) in [5.41, 5.74) is 1.87. The van der Waals surface area contributed by atoms with Crippen molar-refractivity contribution in [2.45, 2.75) is 0 Å². The number of hydrogen-bond donors (Lipinski definition) is 0. The number of benzene rings is 2. The number of halogens is 2. The van der Waals surface area contributed by atoms with Crippen molar-refractivity contribution in [3.05, 3.63) is 63.9 Å². The number of aromatic nitrogens is 2. The average Bonchev–Trinajstić information content (AvgIpc) is 3.18. The van der Waals surface area contributed by atoms with E-state index < -0.39 is 0 Å². The zero-order chi connectivity index (χ0) is 18.8. The van der Waals surface area contributed by atoms with Gasteiger partial charge in [-0.15, -0.1) is 10.2 Å². The number of carbonyl (C=O) groups excluding carboxylic acids is 1. The Morgan fingerprint density at radius 2 is 1.78 bits per heavy atom. The first-order valence-electron chi connectivity index (χ1n) is 8.49. The second-order valence-electron chi connectivity index (χ2n) is 6.18. The fourth-order valence-electron chi connectivity index (χ4n) is 3.00. The summed E-state index contributed by atoms with van der Waals surface area (Å²) < 4.78 is 6.51. The van der Waals surface area contributed by atoms with Crippen LogP contribution in [0.3, 0.4) is 0 Å². The predicted octanol–water partition coefficient (Wildman–Crippen LogP) is 4.11. The molecule has 8 heteroatoms. The summed E-state index contributed by atoms with van der Waals surface area (Å²) in [6.45, 7) is 2.66. The van der Waals surface area contributed by atoms with E-state index in [-0.39, 0.29) is 11.8 Å². The predicted molar refractivity (Wildman–Crippen MR) is 107 cm³/mol. The van der Waals surface area contributed by atoms with Gasteiger partial charge in [0, 0.05) is 46.9 Å². The first-order chi connectivity index (χ1) is 13.1. The maximum Gasteiger partial charge on any atom is 0.311 e. The largest absolute Gasteiger partial charge is 0.412 e. The Bertz CT molecular complexity index is 952. The topological polar surface area (TPSA) is 62.5 Å². The molecule has 1 aromatic heterocycles. The highest BCUT2D eigenvalue weighted by atomic mass is 79.9. The lowest BCUT2D eigenvalue weighted by Gasteiger charge is -2.35. The van der Waals surface area contributed by atoms with E-state index in [2.05, 4.69) is 31.0 Å². The Hall–Kier alpha value is -2.38. The number of anilines is 1. The van der Waals surface area contributed by atoms with Crippen LogP contribution < -0.4 is 4.90 Å². The Kier molecular flexibility index (Phi) is 5.13. The normalized spacial score (nSPS) is 14.4. The number of amides is 1. The molecular weight excluding hydrogens is 432 g/mol. The van der Waals surface area contributed by atoms with Crippen LogP contribution in [0.25, 0.3) is 11.5 Å². The van der Waals surface area contributed by atoms with Gasteiger partial charge in [0.15, 0.2) is 0 Å². The highest BCUT2D eigenvalue weighted by molar-refractivity contribution is 9.10. The summed E-state index contributed by atoms with van der Waals surface area (Å²) in [4.78, 5) is 16.6. The van der Waals surface area contributed by atoms with Gasteiger partial charge in [-0.1, -0.05) is 33.6 Å². The number of nitrogens with zero attached hydrogens (tertiary/aromatic N) is 4. The van der Waals surface area contributed by atoms with Crippen molar-refractivity contribution in [2.24, 2.45) is 0 Å². The maximum atomic E-state index is 12.7. The van der Waals surface area contributed by atoms with Gasteiger partial charge in [0.2, 0.25) is 5.89 Å². The highest BCUT2D eigenvalue weighted by Gasteiger charge is 2.26. The molecule has 0 atom stereocenters. The SMILES string of the molecule is O=C(c1nnc(-c2cccc(Br)c2)o1)N1CCN(c2ccc(Cl)cc2)CC1. The van der Waals surface area contributed by atoms with Gasteiger partial charge >= 0.3 is 11.8 Å². The third-order valence-corrected chi connectivity index (χ3v) is 5.18. The second kappa shape index (κ2) is 7.70. The minimum absolute atomic E-state index is 0.0184. The molecule has 6 nitrogen and oxygen atoms in total. The summed E-state index contributed by atoms with van der Waals surface area (Å²) in [6.07, 6.45) is 0. The summed E-state index contributed by atoms with van der Waals surface area (Å²) in [6, 6.07) is 15.2. The van der Waals surface area contributed by atoms with E-state index in [0.717, 1.165) is 28.8 Å². The van der Waals surface area contributed by atoms with Crippen LogP contribution in [0.15, 0.2) is 57.4 Å². The molecule has 1 saturated heterocycles. The first-order valence-corrected chi connectivity index (χ1v) is 9.66. The van der Waals surface area contributed by atoms with Gasteiger partial charge < -0.3 is 14.2 Å². The second-order valence-corrected chi connectivity index (χ2v) is 7.53. The van der Waals surface area contributed by atoms with E-state index >= 15 is 0 Å². The Morgan fingerprint density at radius 3 is 2.48 bits per heavy atom. The summed E-state index contributed by atoms with van der Waals surface area (Å²) in [7, 11) is 0. The van der Waals surface area contributed by atoms with Crippen molar-refractivity contribution in [3.8, 4) is 11.5 Å². The molecule has 0 unspecified atom stereocenters. The van der Waals surface area contributed by atoms with Crippen molar-refractivity contribution in [1.29, 1.82) is 0 Å². The summed E-state index contributed by atoms with van der Waals surface area (Å²) in [5, 5.41) is 8.65. The Labute approximate surface area is 169 Å². The Morgan fingerprint density at radius 1 is 1.04 bits per heavy atom. The van der Waals surface area contributed by atoms with Crippen molar-refractivity contribution in [1.82, 2.24) is 15.1 Å². The van der Waals surface area contributed by atoms with Gasteiger partial charge in [-0.25, -0.2) is 0 Å². The molecular formula is C19H16BrClN4O2. The molecule has 4 rings (SSSR count). The number of hydrogen-bond acceptors (Lipinski definition) is 5. The molecule has 27 heavy (non-hydrogen) atoms. The highest BCUT2D eigenvalue weighted by Crippen LogP contribution is 2.23. The zero-order valence-corrected chi connectivity index (χ0v) is 16.7. The van der Waals surface area contributed by atoms with Crippen molar-refractivity contribution in [3.63, 3.8) is 0 Å². The van der Waals surface area contributed by atoms with E-state index in [1.807, 2.05) is 48.5 Å². The molecule has 0 bridgehead atoms. The lowest BCUT2D eigenvalue weighted by atomic mass is 10.2. The number of carbonyl (C=O) groups is 1. The zero-order valence-electron chi connectivity index (χ0n) is 14.3. The van der Waals surface area contributed by atoms with Crippen LogP contribution in [-0.4, -0.2) is 47.2 Å². The molecule has 2 aromatic carbocycles. The number of piperazine rings is 1. The minimum Gasteiger partial charge on any atom is -0.412 e. The van der Waals surface area contributed by atoms with Crippen LogP contribution in [-0.2, 0) is 0 Å². The molecule has 138 valence electrons. The van der Waals surface area contributed by atoms with E-state index in [4.69, 9.17) is 16.0 Å². The van der Waals surface area contributed by atoms with E-state index in [1.54, 1.807) is 4.90 Å². The van der Waals surface area contributed by atoms with Gasteiger partial charge in [0.05, 0.1) is 0 Å². The standard InChI is InChI=1S/C19H16BrClN4O2/c20-14-3-1-2-13(12-14)17-22-23-18(27-17)19(26)25-10-8-24(9-11-25)16-6-4-15(21)5-7-16/h1-7,12H,8-11H2. The molecule has 0 radical (unpaired) electrons. The molecule has 2 heterocycles. The van der Waals surface area contributed by atoms with Gasteiger partial charge in [0.1, 0.15) is 0 Å². The fraction of sp³-hybridized carbons (Fsp3) is 0.211. The molecule has 0 spiro atoms. The molecule has 1 amide bonds. The first kappa shape index (κ1) is 18.0. The third-order valence-electron chi connectivity index (χ3n) is 4.44. The summed E-state index contributed by atoms with van der Waals surface area (Å²) >= 11 is 9.35. The maximum absolute atomic E-state index is 12.7. The van der Waals surface area contributed by atoms with Crippen LogP contribution in [0.1, 0.15) is 10.7 Å². The third kappa shape index (κ3) is 3.99. The molecule has 0 saturated carbocycles. The smallest absolute Gasteiger partial charge is 0.311 e. The van der Waals surface area contributed by atoms with Crippen LogP contribution in [0, 0.1) is 0 Å².